The molecule has 0 saturated heterocycles. The highest BCUT2D eigenvalue weighted by Gasteiger charge is 2.24. The number of carbonyl (C=O) groups is 2. The largest absolute Gasteiger partial charge is 0.361 e. The molecule has 0 fully saturated rings. The second kappa shape index (κ2) is 18.3. The predicted molar refractivity (Wildman–Crippen MR) is 245 cm³/mol. The molecule has 14 nitrogen and oxygen atoms in total. The van der Waals surface area contributed by atoms with Gasteiger partial charge in [-0.15, -0.1) is 0 Å². The van der Waals surface area contributed by atoms with Gasteiger partial charge in [0.15, 0.2) is 17.1 Å². The summed E-state index contributed by atoms with van der Waals surface area (Å²) in [6.45, 7) is 27.6. The van der Waals surface area contributed by atoms with Crippen LogP contribution in [0.5, 0.6) is 0 Å². The number of hydrogen-bond acceptors (Lipinski definition) is 9. The van der Waals surface area contributed by atoms with E-state index in [0.29, 0.717) is 75.6 Å². The number of nitrogens with zero attached hydrogens (tertiary/aromatic N) is 8. The Kier molecular flexibility index (Phi) is 14.3. The Morgan fingerprint density at radius 3 is 1.73 bits per heavy atom. The van der Waals surface area contributed by atoms with E-state index in [2.05, 4.69) is 85.9 Å². The molecular weight excluding hydrogens is 868 g/mol. The van der Waals surface area contributed by atoms with Gasteiger partial charge in [0.05, 0.1) is 35.2 Å². The Morgan fingerprint density at radius 2 is 1.24 bits per heavy atom. The van der Waals surface area contributed by atoms with Crippen LogP contribution in [-0.2, 0) is 22.9 Å². The summed E-state index contributed by atoms with van der Waals surface area (Å²) < 4.78 is 17.7. The van der Waals surface area contributed by atoms with E-state index in [1.54, 1.807) is 35.7 Å². The van der Waals surface area contributed by atoms with Crippen LogP contribution in [0.3, 0.4) is 0 Å². The van der Waals surface area contributed by atoms with E-state index >= 15 is 0 Å². The number of amides is 2. The molecule has 0 aliphatic carbocycles. The van der Waals surface area contributed by atoms with Crippen LogP contribution in [0.4, 0.5) is 0 Å². The number of hydrogen-bond donors (Lipinski definition) is 2. The lowest BCUT2D eigenvalue weighted by atomic mass is 10.1. The van der Waals surface area contributed by atoms with Crippen molar-refractivity contribution in [2.24, 2.45) is 0 Å². The fraction of sp³-hybridized carbons (Fsp3) is 0.488. The highest BCUT2D eigenvalue weighted by atomic mass is 79.9. The van der Waals surface area contributed by atoms with E-state index in [0.717, 1.165) is 23.0 Å². The topological polar surface area (TPSA) is 156 Å². The lowest BCUT2D eigenvalue weighted by Crippen LogP contribution is -2.40. The summed E-state index contributed by atoms with van der Waals surface area (Å²) >= 11 is 9.54. The van der Waals surface area contributed by atoms with E-state index < -0.39 is 16.1 Å². The molecule has 0 aliphatic heterocycles. The SMILES string of the molecule is CC(C)(C)NC(=O)c1cn(COCC[Si](C)(C)C)c2ncc(-n3ncc4ccc(Cl)cc43)nc12.CC(C)(C)NC(=O)c1cn(COCC[Si](C)(C)C)c2ncc(Br)nc12. The summed E-state index contributed by atoms with van der Waals surface area (Å²) in [5.74, 6) is 0.135. The van der Waals surface area contributed by atoms with Gasteiger partial charge in [-0.25, -0.2) is 24.6 Å². The van der Waals surface area contributed by atoms with Gasteiger partial charge >= 0.3 is 0 Å². The molecule has 1 aromatic carbocycles. The van der Waals surface area contributed by atoms with Gasteiger partial charge in [0.2, 0.25) is 0 Å². The molecule has 18 heteroatoms. The van der Waals surface area contributed by atoms with Crippen molar-refractivity contribution in [1.82, 2.24) is 49.5 Å². The van der Waals surface area contributed by atoms with Crippen LogP contribution in [0.1, 0.15) is 62.3 Å². The molecule has 0 unspecified atom stereocenters. The molecule has 6 aromatic rings. The lowest BCUT2D eigenvalue weighted by molar-refractivity contribution is 0.0879. The second-order valence-electron chi connectivity index (χ2n) is 19.2. The van der Waals surface area contributed by atoms with Crippen molar-refractivity contribution < 1.29 is 19.1 Å². The molecule has 0 saturated carbocycles. The Balaban J connectivity index is 0.000000236. The molecule has 0 bridgehead atoms. The molecule has 6 rings (SSSR count). The van der Waals surface area contributed by atoms with Crippen molar-refractivity contribution in [3.05, 3.63) is 69.9 Å². The van der Waals surface area contributed by atoms with Crippen LogP contribution in [0.15, 0.2) is 53.8 Å². The van der Waals surface area contributed by atoms with Gasteiger partial charge in [0.25, 0.3) is 11.8 Å². The fourth-order valence-electron chi connectivity index (χ4n) is 5.78. The third kappa shape index (κ3) is 13.0. The minimum Gasteiger partial charge on any atom is -0.361 e. The predicted octanol–water partition coefficient (Wildman–Crippen LogP) is 9.30. The van der Waals surface area contributed by atoms with Crippen molar-refractivity contribution >= 4 is 88.7 Å². The first-order valence-electron chi connectivity index (χ1n) is 19.7. The second-order valence-corrected chi connectivity index (χ2v) is 31.6. The minimum absolute atomic E-state index is 0.161. The van der Waals surface area contributed by atoms with Crippen LogP contribution in [0.2, 0.25) is 56.4 Å². The maximum atomic E-state index is 13.1. The average Bonchev–Trinajstić information content (AvgIpc) is 3.79. The summed E-state index contributed by atoms with van der Waals surface area (Å²) in [5.41, 5.74) is 3.37. The summed E-state index contributed by atoms with van der Waals surface area (Å²) in [5, 5.41) is 12.0. The molecule has 318 valence electrons. The molecule has 5 heterocycles. The van der Waals surface area contributed by atoms with Crippen LogP contribution in [-0.4, -0.2) is 91.1 Å². The molecular formula is C41H58BrClN10O4Si2. The Morgan fingerprint density at radius 1 is 0.746 bits per heavy atom. The van der Waals surface area contributed by atoms with E-state index in [1.165, 1.54) is 0 Å². The Hall–Kier alpha value is -4.01. The van der Waals surface area contributed by atoms with Crippen molar-refractivity contribution in [1.29, 1.82) is 0 Å². The zero-order chi connectivity index (χ0) is 43.5. The van der Waals surface area contributed by atoms with Crippen molar-refractivity contribution in [2.45, 2.75) is 117 Å². The van der Waals surface area contributed by atoms with E-state index in [4.69, 9.17) is 26.1 Å². The average molecular weight is 927 g/mol. The smallest absolute Gasteiger partial charge is 0.255 e. The molecule has 2 N–H and O–H groups in total. The Labute approximate surface area is 362 Å². The number of nitrogens with one attached hydrogen (secondary N) is 2. The first-order valence-corrected chi connectivity index (χ1v) is 28.3. The summed E-state index contributed by atoms with van der Waals surface area (Å²) in [6.07, 6.45) is 8.57. The number of halogens is 2. The maximum Gasteiger partial charge on any atom is 0.255 e. The number of fused-ring (bicyclic) bond motifs is 3. The summed E-state index contributed by atoms with van der Waals surface area (Å²) in [6, 6.07) is 7.72. The number of carbonyl (C=O) groups excluding carboxylic acids is 2. The molecule has 0 radical (unpaired) electrons. The molecule has 5 aromatic heterocycles. The number of aromatic nitrogens is 8. The van der Waals surface area contributed by atoms with Crippen LogP contribution >= 0.6 is 27.5 Å². The van der Waals surface area contributed by atoms with Gasteiger partial charge in [-0.1, -0.05) is 50.9 Å². The van der Waals surface area contributed by atoms with Gasteiger partial charge in [-0.2, -0.15) is 5.10 Å². The number of benzene rings is 1. The third-order valence-electron chi connectivity index (χ3n) is 8.76. The summed E-state index contributed by atoms with van der Waals surface area (Å²) in [4.78, 5) is 44.1. The molecule has 2 amide bonds. The zero-order valence-corrected chi connectivity index (χ0v) is 40.7. The van der Waals surface area contributed by atoms with E-state index in [1.807, 2.05) is 68.9 Å². The lowest BCUT2D eigenvalue weighted by Gasteiger charge is -2.20. The van der Waals surface area contributed by atoms with Crippen LogP contribution in [0.25, 0.3) is 39.0 Å². The molecule has 0 atom stereocenters. The van der Waals surface area contributed by atoms with Crippen LogP contribution in [0, 0.1) is 0 Å². The van der Waals surface area contributed by atoms with Gasteiger partial charge in [0.1, 0.15) is 29.1 Å². The first kappa shape index (κ1) is 46.1. The first-order chi connectivity index (χ1) is 27.4. The molecule has 59 heavy (non-hydrogen) atoms. The normalized spacial score (nSPS) is 12.6. The molecule has 0 spiro atoms. The number of rotatable bonds is 13. The standard InChI is InChI=1S/C24H31ClN6O2Si.C17H27BrN4O2Si/c1-24(2,3)29-23(32)18-14-30(15-33-9-10-34(4,5)6)22-21(18)28-20(13-26-22)31-19-11-17(25)8-7-16(19)12-27-31;1-17(2,3)21-16(23)12-10-22(11-24-7-8-25(4,5)6)15-14(12)20-13(18)9-19-15/h7-8,11-14H,9-10,15H2,1-6H3,(H,29,32);9-10H,7-8,11H2,1-6H3,(H,21,23). The van der Waals surface area contributed by atoms with Crippen molar-refractivity contribution in [3.63, 3.8) is 0 Å². The Bertz CT molecular complexity index is 2440. The monoisotopic (exact) mass is 924 g/mol. The summed E-state index contributed by atoms with van der Waals surface area (Å²) in [7, 11) is -2.33. The zero-order valence-electron chi connectivity index (χ0n) is 36.3. The van der Waals surface area contributed by atoms with Crippen molar-refractivity contribution in [3.8, 4) is 5.82 Å². The van der Waals surface area contributed by atoms with Gasteiger partial charge < -0.3 is 29.2 Å². The highest BCUT2D eigenvalue weighted by Crippen LogP contribution is 2.25. The third-order valence-corrected chi connectivity index (χ3v) is 12.8. The van der Waals surface area contributed by atoms with Gasteiger partial charge in [0, 0.05) is 63.2 Å². The quantitative estimate of drug-likeness (QED) is 0.0852. The van der Waals surface area contributed by atoms with Crippen molar-refractivity contribution in [2.75, 3.05) is 13.2 Å². The molecule has 0 aliphatic rings. The van der Waals surface area contributed by atoms with E-state index in [-0.39, 0.29) is 22.9 Å². The number of ether oxygens (including phenoxy) is 2. The van der Waals surface area contributed by atoms with E-state index in [9.17, 15) is 9.59 Å². The minimum atomic E-state index is -1.20. The van der Waals surface area contributed by atoms with Crippen LogP contribution < -0.4 is 10.6 Å². The maximum absolute atomic E-state index is 13.1. The van der Waals surface area contributed by atoms with Gasteiger partial charge in [-0.05, 0) is 87.8 Å². The van der Waals surface area contributed by atoms with Gasteiger partial charge in [-0.3, -0.25) is 9.59 Å². The fourth-order valence-corrected chi connectivity index (χ4v) is 7.74. The highest BCUT2D eigenvalue weighted by molar-refractivity contribution is 9.10.